The second-order valence-electron chi connectivity index (χ2n) is 8.66. The summed E-state index contributed by atoms with van der Waals surface area (Å²) < 4.78 is 31.2. The Morgan fingerprint density at radius 2 is 1.62 bits per heavy atom. The Kier molecular flexibility index (Phi) is 7.76. The van der Waals surface area contributed by atoms with Gasteiger partial charge in [-0.2, -0.15) is 0 Å². The number of aryl methyl sites for hydroxylation is 1. The number of furan rings is 1. The zero-order valence-electron chi connectivity index (χ0n) is 19.2. The molecule has 8 heteroatoms. The molecule has 4 rings (SSSR count). The summed E-state index contributed by atoms with van der Waals surface area (Å²) in [4.78, 5) is 15.4. The lowest BCUT2D eigenvalue weighted by atomic mass is 10.0. The van der Waals surface area contributed by atoms with Crippen LogP contribution in [0, 0.1) is 6.92 Å². The van der Waals surface area contributed by atoms with E-state index < -0.39 is 15.7 Å². The molecule has 1 saturated heterocycles. The zero-order chi connectivity index (χ0) is 24.1. The molecule has 0 aliphatic carbocycles. The molecule has 1 aliphatic rings. The van der Waals surface area contributed by atoms with Gasteiger partial charge in [-0.05, 0) is 74.8 Å². The molecule has 2 aromatic carbocycles. The highest BCUT2D eigenvalue weighted by molar-refractivity contribution is 7.91. The van der Waals surface area contributed by atoms with Gasteiger partial charge >= 0.3 is 0 Å². The molecule has 0 saturated carbocycles. The molecular weight excluding hydrogens is 472 g/mol. The van der Waals surface area contributed by atoms with Crippen molar-refractivity contribution in [3.8, 4) is 0 Å². The van der Waals surface area contributed by atoms with Crippen LogP contribution in [0.25, 0.3) is 0 Å². The number of sulfone groups is 1. The molecule has 1 N–H and O–H groups in total. The highest BCUT2D eigenvalue weighted by atomic mass is 35.5. The van der Waals surface area contributed by atoms with Gasteiger partial charge in [0, 0.05) is 11.6 Å². The third-order valence-corrected chi connectivity index (χ3v) is 8.09. The Morgan fingerprint density at radius 3 is 2.26 bits per heavy atom. The Hall–Kier alpha value is -2.61. The molecule has 1 atom stereocenters. The van der Waals surface area contributed by atoms with Gasteiger partial charge in [0.15, 0.2) is 5.76 Å². The van der Waals surface area contributed by atoms with Crippen LogP contribution in [0.1, 0.15) is 53.4 Å². The van der Waals surface area contributed by atoms with Crippen LogP contribution < -0.4 is 5.32 Å². The fourth-order valence-electron chi connectivity index (χ4n) is 4.25. The lowest BCUT2D eigenvalue weighted by Gasteiger charge is -2.31. The van der Waals surface area contributed by atoms with Gasteiger partial charge < -0.3 is 9.73 Å². The van der Waals surface area contributed by atoms with Gasteiger partial charge in [0.25, 0.3) is 5.91 Å². The van der Waals surface area contributed by atoms with Crippen molar-refractivity contribution in [2.75, 3.05) is 19.6 Å². The third kappa shape index (κ3) is 5.71. The van der Waals surface area contributed by atoms with E-state index in [9.17, 15) is 13.2 Å². The predicted octanol–water partition coefficient (Wildman–Crippen LogP) is 5.42. The van der Waals surface area contributed by atoms with Gasteiger partial charge in [-0.25, -0.2) is 8.42 Å². The summed E-state index contributed by atoms with van der Waals surface area (Å²) >= 11 is 6.08. The molecule has 180 valence electrons. The van der Waals surface area contributed by atoms with Crippen molar-refractivity contribution < 1.29 is 17.6 Å². The monoisotopic (exact) mass is 500 g/mol. The van der Waals surface area contributed by atoms with Crippen LogP contribution in [0.5, 0.6) is 0 Å². The minimum Gasteiger partial charge on any atom is -0.439 e. The van der Waals surface area contributed by atoms with Gasteiger partial charge in [0.1, 0.15) is 0 Å². The number of benzene rings is 2. The number of hydrogen-bond acceptors (Lipinski definition) is 5. The maximum Gasteiger partial charge on any atom is 0.287 e. The average Bonchev–Trinajstić information content (AvgIpc) is 3.19. The molecule has 6 nitrogen and oxygen atoms in total. The third-order valence-electron chi connectivity index (χ3n) is 6.19. The van der Waals surface area contributed by atoms with Crippen LogP contribution in [-0.4, -0.2) is 38.9 Å². The van der Waals surface area contributed by atoms with E-state index in [2.05, 4.69) is 10.2 Å². The standard InChI is InChI=1S/C26H29ClN2O4S/c1-19-6-12-22(13-7-19)34(31,32)25-15-14-24(33-25)26(30)28-18-23(20-8-10-21(27)11-9-20)29-16-4-2-3-5-17-29/h6-15,23H,2-5,16-18H2,1H3,(H,28,30). The minimum absolute atomic E-state index is 0.00922. The van der Waals surface area contributed by atoms with Crippen LogP contribution in [0.15, 0.2) is 75.1 Å². The number of nitrogens with zero attached hydrogens (tertiary/aromatic N) is 1. The molecule has 1 aliphatic heterocycles. The van der Waals surface area contributed by atoms with Crippen molar-refractivity contribution >= 4 is 27.3 Å². The number of carbonyl (C=O) groups excluding carboxylic acids is 1. The quantitative estimate of drug-likeness (QED) is 0.468. The topological polar surface area (TPSA) is 79.6 Å². The Labute approximate surface area is 205 Å². The summed E-state index contributed by atoms with van der Waals surface area (Å²) in [6, 6.07) is 16.9. The lowest BCUT2D eigenvalue weighted by molar-refractivity contribution is 0.0900. The van der Waals surface area contributed by atoms with E-state index >= 15 is 0 Å². The smallest absolute Gasteiger partial charge is 0.287 e. The maximum absolute atomic E-state index is 12.9. The molecule has 0 bridgehead atoms. The van der Waals surface area contributed by atoms with Crippen molar-refractivity contribution in [1.29, 1.82) is 0 Å². The van der Waals surface area contributed by atoms with E-state index in [1.165, 1.54) is 37.1 Å². The highest BCUT2D eigenvalue weighted by Gasteiger charge is 2.26. The van der Waals surface area contributed by atoms with Gasteiger partial charge in [-0.3, -0.25) is 9.69 Å². The summed E-state index contributed by atoms with van der Waals surface area (Å²) in [5, 5.41) is 3.36. The maximum atomic E-state index is 12.9. The molecule has 34 heavy (non-hydrogen) atoms. The number of nitrogens with one attached hydrogen (secondary N) is 1. The molecule has 1 aromatic heterocycles. The molecule has 1 unspecified atom stereocenters. The molecular formula is C26H29ClN2O4S. The first-order valence-electron chi connectivity index (χ1n) is 11.5. The lowest BCUT2D eigenvalue weighted by Crippen LogP contribution is -2.38. The first-order valence-corrected chi connectivity index (χ1v) is 13.4. The fourth-order valence-corrected chi connectivity index (χ4v) is 5.55. The van der Waals surface area contributed by atoms with E-state index in [4.69, 9.17) is 16.0 Å². The second kappa shape index (κ2) is 10.8. The van der Waals surface area contributed by atoms with E-state index in [0.29, 0.717) is 11.6 Å². The van der Waals surface area contributed by atoms with Gasteiger partial charge in [-0.1, -0.05) is 54.3 Å². The molecule has 0 spiro atoms. The number of likely N-dealkylation sites (tertiary alicyclic amines) is 1. The number of carbonyl (C=O) groups is 1. The summed E-state index contributed by atoms with van der Waals surface area (Å²) in [7, 11) is -3.84. The number of amides is 1. The molecule has 2 heterocycles. The number of halogens is 1. The normalized spacial score (nSPS) is 16.1. The first kappa shape index (κ1) is 24.5. The molecule has 0 radical (unpaired) electrons. The van der Waals surface area contributed by atoms with Crippen molar-refractivity contribution in [3.63, 3.8) is 0 Å². The summed E-state index contributed by atoms with van der Waals surface area (Å²) in [6.45, 7) is 4.18. The predicted molar refractivity (Wildman–Crippen MR) is 132 cm³/mol. The van der Waals surface area contributed by atoms with Gasteiger partial charge in [0.2, 0.25) is 14.9 Å². The van der Waals surface area contributed by atoms with Gasteiger partial charge in [0.05, 0.1) is 10.9 Å². The van der Waals surface area contributed by atoms with Gasteiger partial charge in [-0.15, -0.1) is 0 Å². The largest absolute Gasteiger partial charge is 0.439 e. The van der Waals surface area contributed by atoms with E-state index in [0.717, 1.165) is 37.1 Å². The van der Waals surface area contributed by atoms with Crippen LogP contribution in [0.2, 0.25) is 5.02 Å². The van der Waals surface area contributed by atoms with Crippen molar-refractivity contribution in [2.24, 2.45) is 0 Å². The van der Waals surface area contributed by atoms with Crippen molar-refractivity contribution in [2.45, 2.75) is 48.6 Å². The Bertz CT molecular complexity index is 1210. The number of rotatable bonds is 7. The van der Waals surface area contributed by atoms with Crippen LogP contribution in [-0.2, 0) is 9.84 Å². The van der Waals surface area contributed by atoms with Crippen LogP contribution >= 0.6 is 11.6 Å². The fraction of sp³-hybridized carbons (Fsp3) is 0.346. The second-order valence-corrected chi connectivity index (χ2v) is 11.0. The zero-order valence-corrected chi connectivity index (χ0v) is 20.7. The Balaban J connectivity index is 1.49. The van der Waals surface area contributed by atoms with Crippen LogP contribution in [0.3, 0.4) is 0 Å². The van der Waals surface area contributed by atoms with E-state index in [1.54, 1.807) is 12.1 Å². The Morgan fingerprint density at radius 1 is 0.971 bits per heavy atom. The summed E-state index contributed by atoms with van der Waals surface area (Å²) in [5.74, 6) is -0.476. The first-order chi connectivity index (χ1) is 16.3. The highest BCUT2D eigenvalue weighted by Crippen LogP contribution is 2.26. The van der Waals surface area contributed by atoms with E-state index in [1.807, 2.05) is 31.2 Å². The van der Waals surface area contributed by atoms with E-state index in [-0.39, 0.29) is 21.8 Å². The summed E-state index contributed by atoms with van der Waals surface area (Å²) in [5.41, 5.74) is 2.03. The van der Waals surface area contributed by atoms with Crippen molar-refractivity contribution in [1.82, 2.24) is 10.2 Å². The SMILES string of the molecule is Cc1ccc(S(=O)(=O)c2ccc(C(=O)NCC(c3ccc(Cl)cc3)N3CCCCCC3)o2)cc1. The van der Waals surface area contributed by atoms with Crippen molar-refractivity contribution in [3.05, 3.63) is 82.6 Å². The average molecular weight is 501 g/mol. The molecule has 1 amide bonds. The minimum atomic E-state index is -3.84. The summed E-state index contributed by atoms with van der Waals surface area (Å²) in [6.07, 6.45) is 4.66. The van der Waals surface area contributed by atoms with Crippen LogP contribution in [0.4, 0.5) is 0 Å². The number of hydrogen-bond donors (Lipinski definition) is 1. The molecule has 3 aromatic rings. The molecule has 1 fully saturated rings.